The van der Waals surface area contributed by atoms with Crippen molar-refractivity contribution >= 4 is 15.5 Å². The highest BCUT2D eigenvalue weighted by Gasteiger charge is 2.34. The van der Waals surface area contributed by atoms with Crippen molar-refractivity contribution in [1.29, 1.82) is 0 Å². The summed E-state index contributed by atoms with van der Waals surface area (Å²) in [6.07, 6.45) is 1.62. The first-order chi connectivity index (χ1) is 12.0. The molecular weight excluding hydrogens is 336 g/mol. The van der Waals surface area contributed by atoms with E-state index in [0.717, 1.165) is 17.0 Å². The maximum absolute atomic E-state index is 12.1. The second-order valence-electron chi connectivity index (χ2n) is 6.52. The molecule has 0 saturated carbocycles. The van der Waals surface area contributed by atoms with Crippen molar-refractivity contribution in [3.8, 4) is 5.75 Å². The summed E-state index contributed by atoms with van der Waals surface area (Å²) in [5.41, 5.74) is 7.67. The number of rotatable bonds is 5. The Hall–Kier alpha value is -2.05. The summed E-state index contributed by atoms with van der Waals surface area (Å²) in [5, 5.41) is -0.435. The van der Waals surface area contributed by atoms with Gasteiger partial charge in [-0.3, -0.25) is 0 Å². The van der Waals surface area contributed by atoms with Crippen molar-refractivity contribution in [3.63, 3.8) is 0 Å². The van der Waals surface area contributed by atoms with Gasteiger partial charge in [-0.25, -0.2) is 8.42 Å². The number of anilines is 1. The Morgan fingerprint density at radius 3 is 2.36 bits per heavy atom. The van der Waals surface area contributed by atoms with Crippen LogP contribution in [0.3, 0.4) is 0 Å². The van der Waals surface area contributed by atoms with Gasteiger partial charge in [-0.15, -0.1) is 0 Å². The Bertz CT molecular complexity index is 791. The molecule has 1 aliphatic heterocycles. The van der Waals surface area contributed by atoms with Crippen LogP contribution in [0.15, 0.2) is 54.6 Å². The summed E-state index contributed by atoms with van der Waals surface area (Å²) < 4.78 is 30.4. The van der Waals surface area contributed by atoms with Crippen molar-refractivity contribution in [3.05, 3.63) is 60.2 Å². The third-order valence-corrected chi connectivity index (χ3v) is 6.11. The van der Waals surface area contributed by atoms with Crippen molar-refractivity contribution in [2.75, 3.05) is 24.2 Å². The predicted octanol–water partition coefficient (Wildman–Crippen LogP) is 2.22. The van der Waals surface area contributed by atoms with Crippen LogP contribution in [0.2, 0.25) is 0 Å². The zero-order valence-corrected chi connectivity index (χ0v) is 15.2. The van der Waals surface area contributed by atoms with E-state index in [-0.39, 0.29) is 6.10 Å². The molecule has 5 nitrogen and oxygen atoms in total. The van der Waals surface area contributed by atoms with Crippen LogP contribution in [0.1, 0.15) is 12.0 Å². The van der Waals surface area contributed by atoms with E-state index >= 15 is 0 Å². The van der Waals surface area contributed by atoms with E-state index in [2.05, 4.69) is 4.90 Å². The normalized spacial score (nSPS) is 21.1. The zero-order valence-electron chi connectivity index (χ0n) is 14.3. The number of sulfone groups is 1. The van der Waals surface area contributed by atoms with E-state index in [1.807, 2.05) is 54.6 Å². The molecule has 25 heavy (non-hydrogen) atoms. The van der Waals surface area contributed by atoms with Crippen LogP contribution in [0, 0.1) is 0 Å². The lowest BCUT2D eigenvalue weighted by atomic mass is 10.1. The van der Waals surface area contributed by atoms with Gasteiger partial charge in [-0.2, -0.15) is 0 Å². The molecule has 0 amide bonds. The van der Waals surface area contributed by atoms with Crippen LogP contribution >= 0.6 is 0 Å². The Balaban J connectivity index is 1.79. The minimum Gasteiger partial charge on any atom is -0.489 e. The standard InChI is InChI=1S/C19H24N2O3S/c1-25(22,23)19-11-18(24-17-9-7-15(12-20)8-10-17)13-21(14-19)16-5-3-2-4-6-16/h2-10,18-19H,11-14,20H2,1H3/t18-,19+/m0/s1. The quantitative estimate of drug-likeness (QED) is 0.885. The van der Waals surface area contributed by atoms with Crippen LogP contribution in [0.25, 0.3) is 0 Å². The predicted molar refractivity (Wildman–Crippen MR) is 101 cm³/mol. The fourth-order valence-electron chi connectivity index (χ4n) is 3.15. The molecule has 2 N–H and O–H groups in total. The van der Waals surface area contributed by atoms with Crippen LogP contribution in [-0.4, -0.2) is 39.1 Å². The number of nitrogens with two attached hydrogens (primary N) is 1. The van der Waals surface area contributed by atoms with Gasteiger partial charge in [0, 0.05) is 31.5 Å². The third-order valence-electron chi connectivity index (χ3n) is 4.56. The number of benzene rings is 2. The lowest BCUT2D eigenvalue weighted by Crippen LogP contribution is -2.50. The first-order valence-corrected chi connectivity index (χ1v) is 10.4. The summed E-state index contributed by atoms with van der Waals surface area (Å²) in [5.74, 6) is 0.740. The van der Waals surface area contributed by atoms with Gasteiger partial charge in [0.15, 0.2) is 9.84 Å². The van der Waals surface area contributed by atoms with Gasteiger partial charge in [0.05, 0.1) is 11.8 Å². The molecular formula is C19H24N2O3S. The molecule has 2 aromatic carbocycles. The molecule has 1 fully saturated rings. The minimum absolute atomic E-state index is 0.183. The second-order valence-corrected chi connectivity index (χ2v) is 8.84. The van der Waals surface area contributed by atoms with E-state index in [9.17, 15) is 8.42 Å². The SMILES string of the molecule is CS(=O)(=O)[C@@H]1C[C@H](Oc2ccc(CN)cc2)CN(c2ccccc2)C1. The molecule has 2 aromatic rings. The summed E-state index contributed by atoms with van der Waals surface area (Å²) in [6.45, 7) is 1.64. The Morgan fingerprint density at radius 2 is 1.76 bits per heavy atom. The van der Waals surface area contributed by atoms with Gasteiger partial charge in [0.2, 0.25) is 0 Å². The maximum Gasteiger partial charge on any atom is 0.152 e. The molecule has 134 valence electrons. The van der Waals surface area contributed by atoms with Crippen LogP contribution in [-0.2, 0) is 16.4 Å². The number of para-hydroxylation sites is 1. The van der Waals surface area contributed by atoms with E-state index in [0.29, 0.717) is 26.1 Å². The number of nitrogens with zero attached hydrogens (tertiary/aromatic N) is 1. The molecule has 2 atom stereocenters. The Morgan fingerprint density at radius 1 is 1.08 bits per heavy atom. The summed E-state index contributed by atoms with van der Waals surface area (Å²) in [7, 11) is -3.14. The molecule has 1 aliphatic rings. The fourth-order valence-corrected chi connectivity index (χ4v) is 4.17. The maximum atomic E-state index is 12.1. The van der Waals surface area contributed by atoms with Crippen LogP contribution in [0.5, 0.6) is 5.75 Å². The highest BCUT2D eigenvalue weighted by atomic mass is 32.2. The summed E-state index contributed by atoms with van der Waals surface area (Å²) in [4.78, 5) is 2.09. The summed E-state index contributed by atoms with van der Waals surface area (Å²) in [6, 6.07) is 17.5. The van der Waals surface area contributed by atoms with Crippen molar-refractivity contribution in [1.82, 2.24) is 0 Å². The second kappa shape index (κ2) is 7.45. The smallest absolute Gasteiger partial charge is 0.152 e. The molecule has 0 aromatic heterocycles. The molecule has 1 saturated heterocycles. The van der Waals surface area contributed by atoms with Gasteiger partial charge in [-0.1, -0.05) is 30.3 Å². The van der Waals surface area contributed by atoms with Gasteiger partial charge < -0.3 is 15.4 Å². The van der Waals surface area contributed by atoms with Gasteiger partial charge in [0.1, 0.15) is 11.9 Å². The first kappa shape index (κ1) is 17.8. The van der Waals surface area contributed by atoms with Crippen LogP contribution in [0.4, 0.5) is 5.69 Å². The molecule has 6 heteroatoms. The third kappa shape index (κ3) is 4.52. The van der Waals surface area contributed by atoms with E-state index < -0.39 is 15.1 Å². The lowest BCUT2D eigenvalue weighted by molar-refractivity contribution is 0.180. The van der Waals surface area contributed by atoms with E-state index in [1.54, 1.807) is 0 Å². The fraction of sp³-hybridized carbons (Fsp3) is 0.368. The van der Waals surface area contributed by atoms with Gasteiger partial charge >= 0.3 is 0 Å². The first-order valence-electron chi connectivity index (χ1n) is 8.40. The van der Waals surface area contributed by atoms with Crippen LogP contribution < -0.4 is 15.4 Å². The molecule has 0 aliphatic carbocycles. The highest BCUT2D eigenvalue weighted by Crippen LogP contribution is 2.26. The number of hydrogen-bond donors (Lipinski definition) is 1. The molecule has 0 radical (unpaired) electrons. The molecule has 0 spiro atoms. The molecule has 0 unspecified atom stereocenters. The number of piperidine rings is 1. The Kier molecular flexibility index (Phi) is 5.30. The van der Waals surface area contributed by atoms with Gasteiger partial charge in [0.25, 0.3) is 0 Å². The molecule has 0 bridgehead atoms. The lowest BCUT2D eigenvalue weighted by Gasteiger charge is -2.38. The summed E-state index contributed by atoms with van der Waals surface area (Å²) >= 11 is 0. The van der Waals surface area contributed by atoms with Gasteiger partial charge in [-0.05, 0) is 29.8 Å². The zero-order chi connectivity index (χ0) is 17.9. The van der Waals surface area contributed by atoms with Crippen molar-refractivity contribution in [2.45, 2.75) is 24.3 Å². The minimum atomic E-state index is -3.14. The topological polar surface area (TPSA) is 72.6 Å². The van der Waals surface area contributed by atoms with Crippen molar-refractivity contribution in [2.24, 2.45) is 5.73 Å². The van der Waals surface area contributed by atoms with E-state index in [1.165, 1.54) is 6.26 Å². The monoisotopic (exact) mass is 360 g/mol. The average Bonchev–Trinajstić information content (AvgIpc) is 2.62. The molecule has 3 rings (SSSR count). The van der Waals surface area contributed by atoms with E-state index in [4.69, 9.17) is 10.5 Å². The molecule has 1 heterocycles. The number of ether oxygens (including phenoxy) is 1. The highest BCUT2D eigenvalue weighted by molar-refractivity contribution is 7.91. The van der Waals surface area contributed by atoms with Crippen molar-refractivity contribution < 1.29 is 13.2 Å². The Labute approximate surface area is 149 Å². The largest absolute Gasteiger partial charge is 0.489 e. The number of hydrogen-bond acceptors (Lipinski definition) is 5. The average molecular weight is 360 g/mol.